The van der Waals surface area contributed by atoms with Crippen LogP contribution in [-0.4, -0.2) is 15.0 Å². The van der Waals surface area contributed by atoms with E-state index in [1.807, 2.05) is 0 Å². The number of aromatic hydroxyl groups is 1. The van der Waals surface area contributed by atoms with Crippen LogP contribution in [0.5, 0.6) is 5.75 Å². The van der Waals surface area contributed by atoms with Gasteiger partial charge in [0.2, 0.25) is 0 Å². The molecule has 1 aromatic carbocycles. The molecule has 1 heterocycles. The van der Waals surface area contributed by atoms with Crippen LogP contribution in [0.4, 0.5) is 5.69 Å². The van der Waals surface area contributed by atoms with Gasteiger partial charge in [-0.15, -0.1) is 0 Å². The summed E-state index contributed by atoms with van der Waals surface area (Å²) in [7, 11) is 0. The fourth-order valence-corrected chi connectivity index (χ4v) is 1.68. The van der Waals surface area contributed by atoms with E-state index in [1.165, 1.54) is 18.2 Å². The molecule has 18 heavy (non-hydrogen) atoms. The molecule has 2 aromatic rings. The van der Waals surface area contributed by atoms with Crippen LogP contribution in [0.2, 0.25) is 5.02 Å². The molecular formula is C10H5ClN2O5. The summed E-state index contributed by atoms with van der Waals surface area (Å²) < 4.78 is 0. The van der Waals surface area contributed by atoms with Crippen LogP contribution in [0.25, 0.3) is 10.9 Å². The molecule has 0 saturated carbocycles. The maximum Gasteiger partial charge on any atom is 0.364 e. The summed E-state index contributed by atoms with van der Waals surface area (Å²) >= 11 is 5.69. The Morgan fingerprint density at radius 3 is 2.61 bits per heavy atom. The third-order valence-electron chi connectivity index (χ3n) is 2.31. The number of aromatic nitrogens is 1. The average Bonchev–Trinajstić information content (AvgIpc) is 2.35. The van der Waals surface area contributed by atoms with Crippen molar-refractivity contribution in [1.82, 2.24) is 4.98 Å². The molecular weight excluding hydrogens is 264 g/mol. The van der Waals surface area contributed by atoms with Crippen LogP contribution in [0.15, 0.2) is 27.8 Å². The maximum absolute atomic E-state index is 11.9. The summed E-state index contributed by atoms with van der Waals surface area (Å²) in [5.41, 5.74) is -3.33. The van der Waals surface area contributed by atoms with Gasteiger partial charge < -0.3 is 10.1 Å². The number of fused-ring (bicyclic) bond motifs is 1. The summed E-state index contributed by atoms with van der Waals surface area (Å²) in [6, 6.07) is 3.86. The first kappa shape index (κ1) is 12.1. The van der Waals surface area contributed by atoms with E-state index in [0.29, 0.717) is 0 Å². The number of nitrogens with one attached hydrogen (secondary N) is 1. The van der Waals surface area contributed by atoms with Gasteiger partial charge >= 0.3 is 5.69 Å². The molecule has 8 heteroatoms. The third-order valence-corrected chi connectivity index (χ3v) is 2.55. The number of nitrogens with zero attached hydrogens (tertiary/aromatic N) is 1. The van der Waals surface area contributed by atoms with Crippen molar-refractivity contribution in [3.63, 3.8) is 0 Å². The Morgan fingerprint density at radius 1 is 1.33 bits per heavy atom. The van der Waals surface area contributed by atoms with Gasteiger partial charge in [-0.1, -0.05) is 11.6 Å². The van der Waals surface area contributed by atoms with Gasteiger partial charge in [-0.25, -0.2) is 0 Å². The molecule has 0 saturated heterocycles. The molecule has 0 atom stereocenters. The number of hydrogen-bond donors (Lipinski definition) is 2. The van der Waals surface area contributed by atoms with Gasteiger partial charge in [0, 0.05) is 5.02 Å². The van der Waals surface area contributed by atoms with Crippen molar-refractivity contribution >= 4 is 28.2 Å². The Labute approximate surface area is 103 Å². The first-order chi connectivity index (χ1) is 8.41. The van der Waals surface area contributed by atoms with E-state index in [4.69, 9.17) is 11.6 Å². The summed E-state index contributed by atoms with van der Waals surface area (Å²) in [6.45, 7) is 0. The number of benzene rings is 1. The van der Waals surface area contributed by atoms with Gasteiger partial charge in [-0.2, -0.15) is 0 Å². The second-order valence-electron chi connectivity index (χ2n) is 3.43. The summed E-state index contributed by atoms with van der Waals surface area (Å²) in [5, 5.41) is 20.2. The summed E-state index contributed by atoms with van der Waals surface area (Å²) in [4.78, 5) is 35.1. The van der Waals surface area contributed by atoms with Gasteiger partial charge in [0.25, 0.3) is 16.7 Å². The van der Waals surface area contributed by atoms with Crippen LogP contribution in [0.3, 0.4) is 0 Å². The normalized spacial score (nSPS) is 10.5. The van der Waals surface area contributed by atoms with E-state index >= 15 is 0 Å². The Kier molecular flexibility index (Phi) is 2.76. The number of rotatable bonds is 1. The Morgan fingerprint density at radius 2 is 2.00 bits per heavy atom. The largest absolute Gasteiger partial charge is 0.498 e. The maximum atomic E-state index is 11.9. The molecule has 0 aliphatic carbocycles. The molecule has 0 amide bonds. The van der Waals surface area contributed by atoms with E-state index in [9.17, 15) is 24.8 Å². The predicted molar refractivity (Wildman–Crippen MR) is 64.2 cm³/mol. The monoisotopic (exact) mass is 268 g/mol. The van der Waals surface area contributed by atoms with Gasteiger partial charge in [0.15, 0.2) is 0 Å². The molecule has 0 aliphatic rings. The highest BCUT2D eigenvalue weighted by Gasteiger charge is 2.22. The minimum Gasteiger partial charge on any atom is -0.498 e. The van der Waals surface area contributed by atoms with Crippen molar-refractivity contribution < 1.29 is 10.0 Å². The lowest BCUT2D eigenvalue weighted by Crippen LogP contribution is -2.08. The molecule has 2 rings (SSSR count). The van der Waals surface area contributed by atoms with Gasteiger partial charge in [-0.05, 0) is 18.2 Å². The Balaban J connectivity index is 3.16. The highest BCUT2D eigenvalue weighted by Crippen LogP contribution is 2.19. The fourth-order valence-electron chi connectivity index (χ4n) is 1.51. The number of nitro groups is 1. The molecule has 92 valence electrons. The van der Waals surface area contributed by atoms with E-state index in [1.54, 1.807) is 0 Å². The lowest BCUT2D eigenvalue weighted by Gasteiger charge is -1.91. The Bertz CT molecular complexity index is 783. The average molecular weight is 269 g/mol. The van der Waals surface area contributed by atoms with Crippen molar-refractivity contribution in [2.24, 2.45) is 0 Å². The molecule has 0 radical (unpaired) electrons. The lowest BCUT2D eigenvalue weighted by molar-refractivity contribution is -0.386. The minimum absolute atomic E-state index is 0.0147. The second-order valence-corrected chi connectivity index (χ2v) is 3.86. The highest BCUT2D eigenvalue weighted by atomic mass is 35.5. The topological polar surface area (TPSA) is 113 Å². The van der Waals surface area contributed by atoms with Gasteiger partial charge in [0.1, 0.15) is 0 Å². The van der Waals surface area contributed by atoms with Crippen molar-refractivity contribution in [1.29, 1.82) is 0 Å². The molecule has 1 aromatic heterocycles. The van der Waals surface area contributed by atoms with Crippen LogP contribution in [0, 0.1) is 10.1 Å². The first-order valence-electron chi connectivity index (χ1n) is 4.65. The van der Waals surface area contributed by atoms with Crippen molar-refractivity contribution in [2.75, 3.05) is 0 Å². The van der Waals surface area contributed by atoms with E-state index in [0.717, 1.165) is 0 Å². The highest BCUT2D eigenvalue weighted by molar-refractivity contribution is 6.31. The number of hydrogen-bond acceptors (Lipinski definition) is 5. The zero-order valence-corrected chi connectivity index (χ0v) is 9.39. The molecule has 0 spiro atoms. The summed E-state index contributed by atoms with van der Waals surface area (Å²) in [5.74, 6) is -1.22. The van der Waals surface area contributed by atoms with Crippen molar-refractivity contribution in [3.8, 4) is 5.75 Å². The van der Waals surface area contributed by atoms with Crippen LogP contribution in [-0.2, 0) is 0 Å². The first-order valence-corrected chi connectivity index (χ1v) is 5.03. The van der Waals surface area contributed by atoms with Crippen LogP contribution >= 0.6 is 11.6 Å². The number of halogens is 1. The second kappa shape index (κ2) is 4.11. The van der Waals surface area contributed by atoms with Crippen molar-refractivity contribution in [3.05, 3.63) is 53.9 Å². The SMILES string of the molecule is O=c1[nH]c2cc(Cl)ccc2c(=O)c([N+](=O)[O-])c1O. The van der Waals surface area contributed by atoms with Crippen LogP contribution in [0.1, 0.15) is 0 Å². The smallest absolute Gasteiger partial charge is 0.364 e. The molecule has 0 fully saturated rings. The number of aromatic amines is 1. The number of H-pyrrole nitrogens is 1. The van der Waals surface area contributed by atoms with E-state index in [-0.39, 0.29) is 15.9 Å². The molecule has 0 bridgehead atoms. The van der Waals surface area contributed by atoms with Crippen molar-refractivity contribution in [2.45, 2.75) is 0 Å². The lowest BCUT2D eigenvalue weighted by atomic mass is 10.2. The minimum atomic E-state index is -1.22. The standard InChI is InChI=1S/C10H5ClN2O5/c11-4-1-2-5-6(3-4)12-10(16)9(15)7(8(5)14)13(17)18/h1-3,15H,(H,12,16). The van der Waals surface area contributed by atoms with Crippen LogP contribution < -0.4 is 11.0 Å². The Hall–Kier alpha value is -2.41. The molecule has 2 N–H and O–H groups in total. The predicted octanol–water partition coefficient (Wildman–Crippen LogP) is 1.16. The van der Waals surface area contributed by atoms with Gasteiger partial charge in [0.05, 0.1) is 15.8 Å². The van der Waals surface area contributed by atoms with Gasteiger partial charge in [-0.3, -0.25) is 19.7 Å². The van der Waals surface area contributed by atoms with E-state index in [2.05, 4.69) is 4.98 Å². The zero-order chi connectivity index (χ0) is 13.4. The zero-order valence-electron chi connectivity index (χ0n) is 8.64. The molecule has 0 aliphatic heterocycles. The molecule has 7 nitrogen and oxygen atoms in total. The summed E-state index contributed by atoms with van der Waals surface area (Å²) in [6.07, 6.45) is 0. The van der Waals surface area contributed by atoms with E-state index < -0.39 is 27.3 Å². The fraction of sp³-hybridized carbons (Fsp3) is 0. The molecule has 0 unspecified atom stereocenters. The third kappa shape index (κ3) is 1.80. The quantitative estimate of drug-likeness (QED) is 0.595.